The molecule has 1 aromatic carbocycles. The first-order valence-electron chi connectivity index (χ1n) is 6.86. The van der Waals surface area contributed by atoms with Crippen molar-refractivity contribution in [2.24, 2.45) is 0 Å². The largest absolute Gasteiger partial charge is 0.305 e. The van der Waals surface area contributed by atoms with E-state index in [1.165, 1.54) is 9.80 Å². The third-order valence-electron chi connectivity index (χ3n) is 3.20. The average Bonchev–Trinajstić information content (AvgIpc) is 2.71. The number of amides is 2. The van der Waals surface area contributed by atoms with Crippen LogP contribution in [0.15, 0.2) is 35.2 Å². The lowest BCUT2D eigenvalue weighted by Crippen LogP contribution is -2.42. The molecule has 0 aromatic heterocycles. The van der Waals surface area contributed by atoms with Crippen molar-refractivity contribution in [3.8, 4) is 0 Å². The zero-order valence-corrected chi connectivity index (χ0v) is 12.7. The van der Waals surface area contributed by atoms with Crippen molar-refractivity contribution in [2.75, 3.05) is 12.3 Å². The highest BCUT2D eigenvalue weighted by atomic mass is 32.2. The van der Waals surface area contributed by atoms with Crippen molar-refractivity contribution in [1.82, 2.24) is 10.2 Å². The molecule has 0 radical (unpaired) electrons. The maximum atomic E-state index is 12.1. The molecule has 4 nitrogen and oxygen atoms in total. The van der Waals surface area contributed by atoms with Gasteiger partial charge in [-0.2, -0.15) is 0 Å². The van der Waals surface area contributed by atoms with E-state index in [0.29, 0.717) is 0 Å². The highest BCUT2D eigenvalue weighted by Gasteiger charge is 2.39. The maximum absolute atomic E-state index is 12.1. The molecule has 20 heavy (non-hydrogen) atoms. The van der Waals surface area contributed by atoms with Crippen molar-refractivity contribution in [2.45, 2.75) is 37.2 Å². The SMILES string of the molecule is CC(C)N1C(=O)CC(NCCSc2ccccc2)C1=O. The molecule has 0 saturated carbocycles. The van der Waals surface area contributed by atoms with E-state index in [0.717, 1.165) is 12.3 Å². The third kappa shape index (κ3) is 3.61. The molecule has 1 N–H and O–H groups in total. The van der Waals surface area contributed by atoms with E-state index in [1.54, 1.807) is 11.8 Å². The molecule has 1 fully saturated rings. The summed E-state index contributed by atoms with van der Waals surface area (Å²) in [5, 5.41) is 3.18. The first-order valence-corrected chi connectivity index (χ1v) is 7.85. The smallest absolute Gasteiger partial charge is 0.247 e. The predicted molar refractivity (Wildman–Crippen MR) is 80.6 cm³/mol. The highest BCUT2D eigenvalue weighted by molar-refractivity contribution is 7.99. The minimum Gasteiger partial charge on any atom is -0.305 e. The second kappa shape index (κ2) is 6.90. The van der Waals surface area contributed by atoms with Crippen LogP contribution in [0.1, 0.15) is 20.3 Å². The standard InChI is InChI=1S/C15H20N2O2S/c1-11(2)17-14(18)10-13(15(17)19)16-8-9-20-12-6-4-3-5-7-12/h3-7,11,13,16H,8-10H2,1-2H3. The zero-order valence-electron chi connectivity index (χ0n) is 11.8. The maximum Gasteiger partial charge on any atom is 0.247 e. The summed E-state index contributed by atoms with van der Waals surface area (Å²) in [5.41, 5.74) is 0. The highest BCUT2D eigenvalue weighted by Crippen LogP contribution is 2.18. The fraction of sp³-hybridized carbons (Fsp3) is 0.467. The van der Waals surface area contributed by atoms with Crippen LogP contribution in [0.5, 0.6) is 0 Å². The fourth-order valence-electron chi connectivity index (χ4n) is 2.27. The summed E-state index contributed by atoms with van der Waals surface area (Å²) < 4.78 is 0. The molecule has 0 bridgehead atoms. The van der Waals surface area contributed by atoms with Crippen LogP contribution in [-0.4, -0.2) is 41.1 Å². The number of imide groups is 1. The van der Waals surface area contributed by atoms with Gasteiger partial charge in [0.15, 0.2) is 0 Å². The van der Waals surface area contributed by atoms with Crippen molar-refractivity contribution < 1.29 is 9.59 Å². The molecule has 1 saturated heterocycles. The van der Waals surface area contributed by atoms with Crippen molar-refractivity contribution in [3.63, 3.8) is 0 Å². The topological polar surface area (TPSA) is 49.4 Å². The molecule has 5 heteroatoms. The molecule has 2 rings (SSSR count). The Hall–Kier alpha value is -1.33. The molecule has 0 aliphatic carbocycles. The lowest BCUT2D eigenvalue weighted by molar-refractivity contribution is -0.140. The van der Waals surface area contributed by atoms with Crippen molar-refractivity contribution in [1.29, 1.82) is 0 Å². The van der Waals surface area contributed by atoms with E-state index in [-0.39, 0.29) is 30.3 Å². The van der Waals surface area contributed by atoms with E-state index in [2.05, 4.69) is 17.4 Å². The van der Waals surface area contributed by atoms with Crippen LogP contribution in [0, 0.1) is 0 Å². The summed E-state index contributed by atoms with van der Waals surface area (Å²) in [6, 6.07) is 9.74. The molecule has 1 aromatic rings. The Balaban J connectivity index is 1.75. The number of carbonyl (C=O) groups excluding carboxylic acids is 2. The normalized spacial score (nSPS) is 19.1. The third-order valence-corrected chi connectivity index (χ3v) is 4.22. The number of carbonyl (C=O) groups is 2. The van der Waals surface area contributed by atoms with Crippen LogP contribution in [0.25, 0.3) is 0 Å². The van der Waals surface area contributed by atoms with Gasteiger partial charge in [0.25, 0.3) is 0 Å². The van der Waals surface area contributed by atoms with Gasteiger partial charge >= 0.3 is 0 Å². The minimum atomic E-state index is -0.346. The molecular formula is C15H20N2O2S. The first kappa shape index (κ1) is 15.1. The molecule has 1 heterocycles. The van der Waals surface area contributed by atoms with Crippen molar-refractivity contribution in [3.05, 3.63) is 30.3 Å². The number of thioether (sulfide) groups is 1. The fourth-order valence-corrected chi connectivity index (χ4v) is 3.08. The summed E-state index contributed by atoms with van der Waals surface area (Å²) in [5.74, 6) is 0.719. The minimum absolute atomic E-state index is 0.0551. The summed E-state index contributed by atoms with van der Waals surface area (Å²) in [4.78, 5) is 26.4. The number of nitrogens with one attached hydrogen (secondary N) is 1. The number of likely N-dealkylation sites (tertiary alicyclic amines) is 1. The average molecular weight is 292 g/mol. The number of nitrogens with zero attached hydrogens (tertiary/aromatic N) is 1. The van der Waals surface area contributed by atoms with Crippen LogP contribution < -0.4 is 5.32 Å². The number of hydrogen-bond donors (Lipinski definition) is 1. The molecule has 1 aliphatic rings. The van der Waals surface area contributed by atoms with Gasteiger partial charge in [0, 0.05) is 23.2 Å². The molecular weight excluding hydrogens is 272 g/mol. The molecule has 1 aliphatic heterocycles. The Labute approximate surface area is 123 Å². The van der Waals surface area contributed by atoms with Crippen LogP contribution in [0.2, 0.25) is 0 Å². The zero-order chi connectivity index (χ0) is 14.5. The molecule has 2 amide bonds. The van der Waals surface area contributed by atoms with E-state index < -0.39 is 0 Å². The van der Waals surface area contributed by atoms with Gasteiger partial charge in [0.05, 0.1) is 12.5 Å². The predicted octanol–water partition coefficient (Wildman–Crippen LogP) is 1.90. The lowest BCUT2D eigenvalue weighted by Gasteiger charge is -2.19. The van der Waals surface area contributed by atoms with Crippen LogP contribution in [0.3, 0.4) is 0 Å². The van der Waals surface area contributed by atoms with E-state index in [4.69, 9.17) is 0 Å². The van der Waals surface area contributed by atoms with Crippen molar-refractivity contribution >= 4 is 23.6 Å². The van der Waals surface area contributed by atoms with Crippen LogP contribution >= 0.6 is 11.8 Å². The van der Waals surface area contributed by atoms with Gasteiger partial charge in [-0.15, -0.1) is 11.8 Å². The summed E-state index contributed by atoms with van der Waals surface area (Å²) in [6.07, 6.45) is 0.285. The number of hydrogen-bond acceptors (Lipinski definition) is 4. The Bertz CT molecular complexity index is 476. The summed E-state index contributed by atoms with van der Waals surface area (Å²) in [7, 11) is 0. The lowest BCUT2D eigenvalue weighted by atomic mass is 10.2. The van der Waals surface area contributed by atoms with Gasteiger partial charge in [-0.1, -0.05) is 18.2 Å². The number of rotatable bonds is 6. The van der Waals surface area contributed by atoms with E-state index in [1.807, 2.05) is 32.0 Å². The van der Waals surface area contributed by atoms with Gasteiger partial charge in [0.2, 0.25) is 11.8 Å². The van der Waals surface area contributed by atoms with Gasteiger partial charge in [-0.25, -0.2) is 0 Å². The molecule has 1 atom stereocenters. The second-order valence-electron chi connectivity index (χ2n) is 5.07. The van der Waals surface area contributed by atoms with Gasteiger partial charge in [-0.05, 0) is 26.0 Å². The number of benzene rings is 1. The Morgan fingerprint density at radius 3 is 2.60 bits per heavy atom. The van der Waals surface area contributed by atoms with E-state index >= 15 is 0 Å². The van der Waals surface area contributed by atoms with Gasteiger partial charge in [-0.3, -0.25) is 14.5 Å². The van der Waals surface area contributed by atoms with Crippen LogP contribution in [0.4, 0.5) is 0 Å². The van der Waals surface area contributed by atoms with Gasteiger partial charge < -0.3 is 5.32 Å². The van der Waals surface area contributed by atoms with Gasteiger partial charge in [0.1, 0.15) is 0 Å². The summed E-state index contributed by atoms with van der Waals surface area (Å²) in [6.45, 7) is 4.45. The summed E-state index contributed by atoms with van der Waals surface area (Å²) >= 11 is 1.74. The molecule has 108 valence electrons. The van der Waals surface area contributed by atoms with E-state index in [9.17, 15) is 9.59 Å². The molecule has 1 unspecified atom stereocenters. The Morgan fingerprint density at radius 1 is 1.30 bits per heavy atom. The monoisotopic (exact) mass is 292 g/mol. The molecule has 0 spiro atoms. The Morgan fingerprint density at radius 2 is 2.00 bits per heavy atom. The quantitative estimate of drug-likeness (QED) is 0.494. The second-order valence-corrected chi connectivity index (χ2v) is 6.24. The Kier molecular flexibility index (Phi) is 5.20. The van der Waals surface area contributed by atoms with Crippen LogP contribution in [-0.2, 0) is 9.59 Å². The first-order chi connectivity index (χ1) is 9.59.